The number of rotatable bonds is 4. The maximum Gasteiger partial charge on any atom is 0.267 e. The number of benzene rings is 2. The number of hydrogen-bond acceptors (Lipinski definition) is 5. The summed E-state index contributed by atoms with van der Waals surface area (Å²) in [6, 6.07) is 14.7. The molecule has 0 bridgehead atoms. The van der Waals surface area contributed by atoms with Crippen molar-refractivity contribution in [1.29, 1.82) is 0 Å². The van der Waals surface area contributed by atoms with E-state index in [1.165, 1.54) is 0 Å². The molecule has 0 aliphatic carbocycles. The number of aryl methyl sites for hydroxylation is 1. The van der Waals surface area contributed by atoms with Crippen LogP contribution in [0, 0.1) is 0 Å². The second kappa shape index (κ2) is 7.00. The van der Waals surface area contributed by atoms with Crippen molar-refractivity contribution in [2.45, 2.75) is 19.9 Å². The Morgan fingerprint density at radius 2 is 1.89 bits per heavy atom. The minimum absolute atomic E-state index is 0.00558. The van der Waals surface area contributed by atoms with E-state index in [-0.39, 0.29) is 22.8 Å². The topological polar surface area (TPSA) is 81.2 Å². The Labute approximate surface area is 163 Å². The summed E-state index contributed by atoms with van der Waals surface area (Å²) >= 11 is 3.38. The number of aromatic hydroxyl groups is 1. The number of halogens is 1. The molecule has 2 aromatic heterocycles. The highest BCUT2D eigenvalue weighted by Crippen LogP contribution is 2.33. The van der Waals surface area contributed by atoms with Gasteiger partial charge in [0.25, 0.3) is 11.4 Å². The van der Waals surface area contributed by atoms with Crippen LogP contribution in [0.5, 0.6) is 5.75 Å². The van der Waals surface area contributed by atoms with Gasteiger partial charge in [0.1, 0.15) is 11.3 Å². The predicted octanol–water partition coefficient (Wildman–Crippen LogP) is 4.60. The summed E-state index contributed by atoms with van der Waals surface area (Å²) in [5.74, 6) is 0.214. The average molecular weight is 426 g/mol. The molecule has 0 saturated heterocycles. The molecule has 0 unspecified atom stereocenters. The Morgan fingerprint density at radius 3 is 2.63 bits per heavy atom. The third kappa shape index (κ3) is 3.04. The number of nitrogens with zero attached hydrogens (tertiary/aromatic N) is 3. The first kappa shape index (κ1) is 17.5. The van der Waals surface area contributed by atoms with Crippen molar-refractivity contribution in [3.63, 3.8) is 0 Å². The molecule has 0 atom stereocenters. The van der Waals surface area contributed by atoms with Crippen LogP contribution in [0.4, 0.5) is 0 Å². The summed E-state index contributed by atoms with van der Waals surface area (Å²) in [5.41, 5.74) is 1.11. The number of para-hydroxylation sites is 1. The quantitative estimate of drug-likeness (QED) is 0.516. The molecule has 0 fully saturated rings. The summed E-state index contributed by atoms with van der Waals surface area (Å²) in [4.78, 5) is 17.4. The molecule has 4 rings (SSSR count). The molecule has 0 spiro atoms. The van der Waals surface area contributed by atoms with Crippen molar-refractivity contribution >= 4 is 26.8 Å². The third-order valence-electron chi connectivity index (χ3n) is 4.34. The summed E-state index contributed by atoms with van der Waals surface area (Å²) in [7, 11) is 0. The molecule has 0 aliphatic rings. The Bertz CT molecular complexity index is 1180. The van der Waals surface area contributed by atoms with E-state index < -0.39 is 0 Å². The molecule has 2 heterocycles. The highest BCUT2D eigenvalue weighted by atomic mass is 79.9. The lowest BCUT2D eigenvalue weighted by Crippen LogP contribution is -2.22. The van der Waals surface area contributed by atoms with Gasteiger partial charge in [-0.2, -0.15) is 4.98 Å². The van der Waals surface area contributed by atoms with Gasteiger partial charge in [0, 0.05) is 22.0 Å². The highest BCUT2D eigenvalue weighted by Gasteiger charge is 2.22. The molecule has 6 nitrogen and oxygen atoms in total. The molecule has 4 aromatic rings. The fourth-order valence-corrected chi connectivity index (χ4v) is 3.33. The Morgan fingerprint density at radius 1 is 1.15 bits per heavy atom. The first-order valence-corrected chi connectivity index (χ1v) is 9.34. The second-order valence-electron chi connectivity index (χ2n) is 6.13. The third-order valence-corrected chi connectivity index (χ3v) is 4.86. The maximum absolute atomic E-state index is 13.1. The molecule has 0 saturated carbocycles. The minimum Gasteiger partial charge on any atom is -0.506 e. The molecule has 0 amide bonds. The van der Waals surface area contributed by atoms with Crippen LogP contribution in [0.3, 0.4) is 0 Å². The van der Waals surface area contributed by atoms with Crippen molar-refractivity contribution in [1.82, 2.24) is 14.7 Å². The van der Waals surface area contributed by atoms with E-state index in [2.05, 4.69) is 26.1 Å². The van der Waals surface area contributed by atoms with Crippen LogP contribution in [-0.2, 0) is 6.54 Å². The van der Waals surface area contributed by atoms with E-state index in [0.717, 1.165) is 16.5 Å². The number of aromatic nitrogens is 3. The van der Waals surface area contributed by atoms with E-state index in [4.69, 9.17) is 4.52 Å². The van der Waals surface area contributed by atoms with Crippen LogP contribution in [0.1, 0.15) is 13.3 Å². The molecule has 136 valence electrons. The summed E-state index contributed by atoms with van der Waals surface area (Å²) < 4.78 is 7.90. The van der Waals surface area contributed by atoms with Crippen LogP contribution in [0.25, 0.3) is 33.7 Å². The summed E-state index contributed by atoms with van der Waals surface area (Å²) in [6.45, 7) is 2.52. The van der Waals surface area contributed by atoms with Crippen molar-refractivity contribution in [2.75, 3.05) is 0 Å². The molecule has 7 heteroatoms. The first-order valence-electron chi connectivity index (χ1n) is 8.54. The summed E-state index contributed by atoms with van der Waals surface area (Å²) in [6.07, 6.45) is 0.780. The van der Waals surface area contributed by atoms with Gasteiger partial charge in [0.15, 0.2) is 0 Å². The zero-order valence-electron chi connectivity index (χ0n) is 14.5. The van der Waals surface area contributed by atoms with Crippen LogP contribution >= 0.6 is 15.9 Å². The van der Waals surface area contributed by atoms with Crippen LogP contribution in [0.15, 0.2) is 62.3 Å². The van der Waals surface area contributed by atoms with Gasteiger partial charge >= 0.3 is 0 Å². The van der Waals surface area contributed by atoms with Gasteiger partial charge in [-0.15, -0.1) is 0 Å². The van der Waals surface area contributed by atoms with Crippen LogP contribution in [-0.4, -0.2) is 19.8 Å². The minimum atomic E-state index is -0.348. The van der Waals surface area contributed by atoms with Gasteiger partial charge in [0.05, 0.1) is 5.52 Å². The van der Waals surface area contributed by atoms with Crippen molar-refractivity contribution in [3.8, 4) is 28.6 Å². The van der Waals surface area contributed by atoms with Gasteiger partial charge in [-0.1, -0.05) is 40.1 Å². The lowest BCUT2D eigenvalue weighted by Gasteiger charge is -2.12. The number of hydrogen-bond donors (Lipinski definition) is 1. The zero-order chi connectivity index (χ0) is 19.0. The van der Waals surface area contributed by atoms with E-state index in [1.807, 2.05) is 49.4 Å². The molecular weight excluding hydrogens is 410 g/mol. The normalized spacial score (nSPS) is 11.2. The maximum atomic E-state index is 13.1. The fraction of sp³-hybridized carbons (Fsp3) is 0.150. The zero-order valence-corrected chi connectivity index (χ0v) is 16.1. The van der Waals surface area contributed by atoms with Gasteiger partial charge in [0.2, 0.25) is 5.82 Å². The van der Waals surface area contributed by atoms with Gasteiger partial charge in [-0.25, -0.2) is 0 Å². The Hall–Kier alpha value is -2.93. The van der Waals surface area contributed by atoms with Crippen LogP contribution in [0.2, 0.25) is 0 Å². The van der Waals surface area contributed by atoms with Crippen molar-refractivity contribution in [3.05, 3.63) is 63.4 Å². The van der Waals surface area contributed by atoms with E-state index in [0.29, 0.717) is 23.3 Å². The Balaban J connectivity index is 1.92. The molecule has 1 N–H and O–H groups in total. The SMILES string of the molecule is CCCn1c(=O)c(-c2nc(-c3ccc(Br)cc3)no2)c(O)c2ccccc21. The largest absolute Gasteiger partial charge is 0.506 e. The van der Waals surface area contributed by atoms with Gasteiger partial charge in [-0.3, -0.25) is 4.79 Å². The first-order chi connectivity index (χ1) is 13.1. The molecule has 2 aromatic carbocycles. The molecule has 0 aliphatic heterocycles. The lowest BCUT2D eigenvalue weighted by atomic mass is 10.1. The van der Waals surface area contributed by atoms with E-state index >= 15 is 0 Å². The molecule has 27 heavy (non-hydrogen) atoms. The highest BCUT2D eigenvalue weighted by molar-refractivity contribution is 9.10. The van der Waals surface area contributed by atoms with Crippen molar-refractivity contribution < 1.29 is 9.63 Å². The molecule has 0 radical (unpaired) electrons. The van der Waals surface area contributed by atoms with Crippen LogP contribution < -0.4 is 5.56 Å². The van der Waals surface area contributed by atoms with Crippen molar-refractivity contribution in [2.24, 2.45) is 0 Å². The average Bonchev–Trinajstić information content (AvgIpc) is 3.15. The standard InChI is InChI=1S/C20H16BrN3O3/c1-2-11-24-15-6-4-3-5-14(15)17(25)16(20(24)26)19-22-18(23-27-19)12-7-9-13(21)10-8-12/h3-10,25H,2,11H2,1H3. The van der Waals surface area contributed by atoms with Gasteiger partial charge in [-0.05, 0) is 42.8 Å². The molecular formula is C20H16BrN3O3. The lowest BCUT2D eigenvalue weighted by molar-refractivity contribution is 0.425. The monoisotopic (exact) mass is 425 g/mol. The summed E-state index contributed by atoms with van der Waals surface area (Å²) in [5, 5.41) is 15.3. The fourth-order valence-electron chi connectivity index (χ4n) is 3.07. The van der Waals surface area contributed by atoms with Gasteiger partial charge < -0.3 is 14.2 Å². The number of fused-ring (bicyclic) bond motifs is 1. The predicted molar refractivity (Wildman–Crippen MR) is 107 cm³/mol. The van der Waals surface area contributed by atoms with E-state index in [1.54, 1.807) is 10.6 Å². The Kier molecular flexibility index (Phi) is 4.53. The van der Waals surface area contributed by atoms with E-state index in [9.17, 15) is 9.90 Å². The smallest absolute Gasteiger partial charge is 0.267 e. The number of pyridine rings is 1. The second-order valence-corrected chi connectivity index (χ2v) is 7.04.